The van der Waals surface area contributed by atoms with Crippen molar-refractivity contribution in [1.29, 1.82) is 5.26 Å². The van der Waals surface area contributed by atoms with Gasteiger partial charge in [-0.05, 0) is 71.4 Å². The van der Waals surface area contributed by atoms with Gasteiger partial charge in [0.2, 0.25) is 0 Å². The van der Waals surface area contributed by atoms with Gasteiger partial charge in [-0.25, -0.2) is 10.1 Å². The summed E-state index contributed by atoms with van der Waals surface area (Å²) in [6, 6.07) is 3.54. The fraction of sp³-hybridized carbons (Fsp3) is 0.826. The molecule has 6 heteroatoms. The maximum Gasteiger partial charge on any atom is 0.300 e. The molecule has 3 aliphatic rings. The van der Waals surface area contributed by atoms with Crippen molar-refractivity contribution in [2.24, 2.45) is 5.92 Å². The lowest BCUT2D eigenvalue weighted by Gasteiger charge is -2.40. The Labute approximate surface area is 177 Å². The van der Waals surface area contributed by atoms with Crippen LogP contribution in [0.3, 0.4) is 0 Å². The number of hydrogen-bond acceptors (Lipinski definition) is 5. The van der Waals surface area contributed by atoms with Gasteiger partial charge in [-0.3, -0.25) is 4.90 Å². The van der Waals surface area contributed by atoms with Crippen LogP contribution in [0, 0.1) is 23.8 Å². The zero-order chi connectivity index (χ0) is 20.8. The standard InChI is InChI=1S/C23H38N6/c1-19-7-5-11-27(19)16-15-26(4)23(22(17-24)25-3)28-13-9-21(10-14-28)18-29-12-6-8-20(29)2/h19-21H,5-16,18H2,1-2,4H3/b23-22+/t19-,20?/m1/s1. The Bertz CT molecular complexity index is 635. The molecular weight excluding hydrogens is 360 g/mol. The van der Waals surface area contributed by atoms with Crippen molar-refractivity contribution in [3.63, 3.8) is 0 Å². The highest BCUT2D eigenvalue weighted by molar-refractivity contribution is 5.32. The molecule has 0 aromatic carbocycles. The molecule has 0 radical (unpaired) electrons. The maximum atomic E-state index is 9.58. The average molecular weight is 399 g/mol. The van der Waals surface area contributed by atoms with E-state index in [0.717, 1.165) is 56.8 Å². The highest BCUT2D eigenvalue weighted by Gasteiger charge is 2.29. The first kappa shape index (κ1) is 21.9. The van der Waals surface area contributed by atoms with E-state index >= 15 is 0 Å². The van der Waals surface area contributed by atoms with Gasteiger partial charge >= 0.3 is 5.70 Å². The van der Waals surface area contributed by atoms with Crippen molar-refractivity contribution < 1.29 is 0 Å². The maximum absolute atomic E-state index is 9.58. The summed E-state index contributed by atoms with van der Waals surface area (Å²) < 4.78 is 0. The first-order valence-corrected chi connectivity index (χ1v) is 11.5. The van der Waals surface area contributed by atoms with Crippen LogP contribution in [-0.2, 0) is 0 Å². The summed E-state index contributed by atoms with van der Waals surface area (Å²) in [6.07, 6.45) is 7.54. The predicted octanol–water partition coefficient (Wildman–Crippen LogP) is 3.21. The van der Waals surface area contributed by atoms with Crippen molar-refractivity contribution in [1.82, 2.24) is 19.6 Å². The summed E-state index contributed by atoms with van der Waals surface area (Å²) >= 11 is 0. The number of likely N-dealkylation sites (N-methyl/N-ethyl adjacent to an activating group) is 1. The second-order valence-electron chi connectivity index (χ2n) is 9.26. The molecular formula is C23H38N6. The number of likely N-dealkylation sites (tertiary alicyclic amines) is 3. The molecule has 3 saturated heterocycles. The fourth-order valence-corrected chi connectivity index (χ4v) is 5.33. The Kier molecular flexibility index (Phi) is 7.81. The Morgan fingerprint density at radius 1 is 1.03 bits per heavy atom. The predicted molar refractivity (Wildman–Crippen MR) is 117 cm³/mol. The van der Waals surface area contributed by atoms with Gasteiger partial charge in [-0.15, -0.1) is 0 Å². The zero-order valence-electron chi connectivity index (χ0n) is 18.6. The second-order valence-corrected chi connectivity index (χ2v) is 9.26. The lowest BCUT2D eigenvalue weighted by atomic mass is 9.95. The summed E-state index contributed by atoms with van der Waals surface area (Å²) in [6.45, 7) is 19.6. The lowest BCUT2D eigenvalue weighted by molar-refractivity contribution is 0.131. The average Bonchev–Trinajstić information content (AvgIpc) is 3.33. The van der Waals surface area contributed by atoms with Gasteiger partial charge in [-0.1, -0.05) is 0 Å². The van der Waals surface area contributed by atoms with E-state index in [1.807, 2.05) is 0 Å². The Morgan fingerprint density at radius 2 is 1.66 bits per heavy atom. The highest BCUT2D eigenvalue weighted by Crippen LogP contribution is 2.27. The first-order valence-electron chi connectivity index (χ1n) is 11.5. The third-order valence-corrected chi connectivity index (χ3v) is 7.30. The minimum atomic E-state index is 0.244. The van der Waals surface area contributed by atoms with Gasteiger partial charge in [0.25, 0.3) is 0 Å². The van der Waals surface area contributed by atoms with Crippen molar-refractivity contribution in [2.45, 2.75) is 64.5 Å². The van der Waals surface area contributed by atoms with Crippen LogP contribution in [0.1, 0.15) is 52.4 Å². The molecule has 2 atom stereocenters. The van der Waals surface area contributed by atoms with E-state index in [0.29, 0.717) is 6.04 Å². The van der Waals surface area contributed by atoms with E-state index in [1.165, 1.54) is 45.3 Å². The summed E-state index contributed by atoms with van der Waals surface area (Å²) in [5, 5.41) is 9.58. The number of piperidine rings is 1. The van der Waals surface area contributed by atoms with Gasteiger partial charge in [0, 0.05) is 51.9 Å². The van der Waals surface area contributed by atoms with E-state index in [1.54, 1.807) is 0 Å². The molecule has 3 rings (SSSR count). The third-order valence-electron chi connectivity index (χ3n) is 7.30. The van der Waals surface area contributed by atoms with E-state index in [2.05, 4.69) is 51.4 Å². The fourth-order valence-electron chi connectivity index (χ4n) is 5.33. The topological polar surface area (TPSA) is 41.1 Å². The van der Waals surface area contributed by atoms with Gasteiger partial charge in [0.05, 0.1) is 12.6 Å². The molecule has 0 aromatic heterocycles. The minimum Gasteiger partial charge on any atom is -0.368 e. The molecule has 0 N–H and O–H groups in total. The molecule has 0 saturated carbocycles. The molecule has 6 nitrogen and oxygen atoms in total. The van der Waals surface area contributed by atoms with Crippen LogP contribution >= 0.6 is 0 Å². The van der Waals surface area contributed by atoms with Gasteiger partial charge in [-0.2, -0.15) is 0 Å². The van der Waals surface area contributed by atoms with E-state index in [4.69, 9.17) is 6.57 Å². The van der Waals surface area contributed by atoms with Crippen LogP contribution in [0.25, 0.3) is 4.85 Å². The summed E-state index contributed by atoms with van der Waals surface area (Å²) in [5.74, 6) is 1.59. The SMILES string of the molecule is [C-]#[N+]/C(C#N)=C(\N(C)CCN1CCC[C@H]1C)N1CCC(CN2CCCC2C)CC1. The van der Waals surface area contributed by atoms with E-state index in [-0.39, 0.29) is 5.70 Å². The number of nitrogens with zero attached hydrogens (tertiary/aromatic N) is 6. The lowest BCUT2D eigenvalue weighted by Crippen LogP contribution is -2.44. The van der Waals surface area contributed by atoms with Gasteiger partial charge in [0.1, 0.15) is 5.82 Å². The van der Waals surface area contributed by atoms with Crippen LogP contribution in [0.2, 0.25) is 0 Å². The van der Waals surface area contributed by atoms with Crippen LogP contribution in [0.15, 0.2) is 11.5 Å². The van der Waals surface area contributed by atoms with Crippen LogP contribution in [0.4, 0.5) is 0 Å². The largest absolute Gasteiger partial charge is 0.368 e. The molecule has 160 valence electrons. The third kappa shape index (κ3) is 5.44. The smallest absolute Gasteiger partial charge is 0.300 e. The van der Waals surface area contributed by atoms with Crippen molar-refractivity contribution in [3.8, 4) is 6.07 Å². The van der Waals surface area contributed by atoms with Gasteiger partial charge < -0.3 is 14.7 Å². The monoisotopic (exact) mass is 398 g/mol. The van der Waals surface area contributed by atoms with Crippen molar-refractivity contribution in [3.05, 3.63) is 22.9 Å². The minimum absolute atomic E-state index is 0.244. The van der Waals surface area contributed by atoms with Crippen LogP contribution in [-0.4, -0.2) is 84.5 Å². The Balaban J connectivity index is 1.58. The second kappa shape index (κ2) is 10.3. The number of nitriles is 1. The molecule has 0 spiro atoms. The summed E-state index contributed by atoms with van der Waals surface area (Å²) in [5.41, 5.74) is 0.244. The van der Waals surface area contributed by atoms with Crippen LogP contribution < -0.4 is 0 Å². The molecule has 0 bridgehead atoms. The molecule has 0 aliphatic carbocycles. The Hall–Kier alpha value is -1.76. The van der Waals surface area contributed by atoms with E-state index < -0.39 is 0 Å². The number of hydrogen-bond donors (Lipinski definition) is 0. The normalized spacial score (nSPS) is 27.6. The molecule has 0 aromatic rings. The summed E-state index contributed by atoms with van der Waals surface area (Å²) in [7, 11) is 2.05. The molecule has 3 heterocycles. The number of allylic oxidation sites excluding steroid dienone is 1. The molecule has 3 fully saturated rings. The van der Waals surface area contributed by atoms with E-state index in [9.17, 15) is 5.26 Å². The molecule has 1 unspecified atom stereocenters. The quantitative estimate of drug-likeness (QED) is 0.487. The number of rotatable bonds is 7. The zero-order valence-corrected chi connectivity index (χ0v) is 18.6. The van der Waals surface area contributed by atoms with Crippen molar-refractivity contribution in [2.75, 3.05) is 52.9 Å². The highest BCUT2D eigenvalue weighted by atomic mass is 15.3. The van der Waals surface area contributed by atoms with Gasteiger partial charge in [0.15, 0.2) is 0 Å². The molecule has 3 aliphatic heterocycles. The molecule has 0 amide bonds. The van der Waals surface area contributed by atoms with Crippen LogP contribution in [0.5, 0.6) is 0 Å². The first-order chi connectivity index (χ1) is 14.0. The Morgan fingerprint density at radius 3 is 2.17 bits per heavy atom. The summed E-state index contributed by atoms with van der Waals surface area (Å²) in [4.78, 5) is 13.2. The molecule has 29 heavy (non-hydrogen) atoms. The van der Waals surface area contributed by atoms with Crippen molar-refractivity contribution >= 4 is 0 Å².